The molecule has 2 N–H and O–H groups in total. The zero-order chi connectivity index (χ0) is 14.4. The molecule has 0 radical (unpaired) electrons. The van der Waals surface area contributed by atoms with Crippen molar-refractivity contribution in [2.75, 3.05) is 19.1 Å². The average molecular weight is 301 g/mol. The second-order valence-corrected chi connectivity index (χ2v) is 5.93. The Kier molecular flexibility index (Phi) is 6.69. The van der Waals surface area contributed by atoms with Gasteiger partial charge in [-0.15, -0.1) is 0 Å². The van der Waals surface area contributed by atoms with E-state index in [0.29, 0.717) is 11.4 Å². The summed E-state index contributed by atoms with van der Waals surface area (Å²) in [5.41, 5.74) is 6.86. The summed E-state index contributed by atoms with van der Waals surface area (Å²) in [6.07, 6.45) is 2.70. The lowest BCUT2D eigenvalue weighted by Gasteiger charge is -2.28. The van der Waals surface area contributed by atoms with E-state index in [1.54, 1.807) is 23.7 Å². The van der Waals surface area contributed by atoms with Crippen LogP contribution in [0.4, 0.5) is 0 Å². The van der Waals surface area contributed by atoms with Crippen molar-refractivity contribution in [3.8, 4) is 0 Å². The fourth-order valence-electron chi connectivity index (χ4n) is 1.84. The highest BCUT2D eigenvalue weighted by molar-refractivity contribution is 7.98. The van der Waals surface area contributed by atoms with E-state index in [0.717, 1.165) is 11.3 Å². The van der Waals surface area contributed by atoms with Crippen LogP contribution in [-0.2, 0) is 4.79 Å². The molecule has 0 saturated carbocycles. The number of likely N-dealkylation sites (N-methyl/N-ethyl adjacent to an activating group) is 1. The summed E-state index contributed by atoms with van der Waals surface area (Å²) in [7, 11) is 1.77. The minimum atomic E-state index is -0.442. The molecule has 1 unspecified atom stereocenters. The maximum absolute atomic E-state index is 12.2. The van der Waals surface area contributed by atoms with Crippen LogP contribution in [0.2, 0.25) is 5.02 Å². The van der Waals surface area contributed by atoms with Crippen LogP contribution < -0.4 is 5.73 Å². The normalized spacial score (nSPS) is 13.9. The van der Waals surface area contributed by atoms with Gasteiger partial charge in [-0.1, -0.05) is 29.8 Å². The molecule has 0 aliphatic carbocycles. The quantitative estimate of drug-likeness (QED) is 0.878. The minimum Gasteiger partial charge on any atom is -0.338 e. The number of rotatable bonds is 6. The predicted molar refractivity (Wildman–Crippen MR) is 83.6 cm³/mol. The van der Waals surface area contributed by atoms with E-state index < -0.39 is 6.04 Å². The molecule has 0 bridgehead atoms. The van der Waals surface area contributed by atoms with Gasteiger partial charge >= 0.3 is 0 Å². The monoisotopic (exact) mass is 300 g/mol. The number of hydrogen-bond acceptors (Lipinski definition) is 3. The molecule has 0 fully saturated rings. The molecule has 5 heteroatoms. The molecular formula is C14H21ClN2OS. The number of halogens is 1. The number of carbonyl (C=O) groups excluding carboxylic acids is 1. The summed E-state index contributed by atoms with van der Waals surface area (Å²) in [6, 6.07) is 7.04. The van der Waals surface area contributed by atoms with Gasteiger partial charge in [-0.3, -0.25) is 4.79 Å². The number of nitrogens with zero attached hydrogens (tertiary/aromatic N) is 1. The number of carbonyl (C=O) groups is 1. The van der Waals surface area contributed by atoms with Crippen molar-refractivity contribution >= 4 is 29.3 Å². The van der Waals surface area contributed by atoms with Crippen LogP contribution in [0.5, 0.6) is 0 Å². The summed E-state index contributed by atoms with van der Waals surface area (Å²) in [5.74, 6) is 0.850. The van der Waals surface area contributed by atoms with Crippen molar-refractivity contribution in [1.29, 1.82) is 0 Å². The van der Waals surface area contributed by atoms with Crippen LogP contribution in [0.3, 0.4) is 0 Å². The Morgan fingerprint density at radius 2 is 2.11 bits per heavy atom. The maximum atomic E-state index is 12.2. The molecule has 0 aliphatic rings. The summed E-state index contributed by atoms with van der Waals surface area (Å²) < 4.78 is 0. The van der Waals surface area contributed by atoms with Gasteiger partial charge in [-0.05, 0) is 37.0 Å². The van der Waals surface area contributed by atoms with Crippen LogP contribution in [0.25, 0.3) is 0 Å². The van der Waals surface area contributed by atoms with Crippen LogP contribution in [0, 0.1) is 0 Å². The molecule has 106 valence electrons. The number of amides is 1. The van der Waals surface area contributed by atoms with E-state index in [1.807, 2.05) is 37.4 Å². The van der Waals surface area contributed by atoms with Gasteiger partial charge in [0, 0.05) is 12.1 Å². The van der Waals surface area contributed by atoms with Crippen molar-refractivity contribution in [3.05, 3.63) is 34.9 Å². The van der Waals surface area contributed by atoms with Crippen molar-refractivity contribution in [2.24, 2.45) is 5.73 Å². The second-order valence-electron chi connectivity index (χ2n) is 4.53. The Hall–Kier alpha value is -0.710. The smallest absolute Gasteiger partial charge is 0.239 e. The number of benzene rings is 1. The molecular weight excluding hydrogens is 280 g/mol. The highest BCUT2D eigenvalue weighted by Crippen LogP contribution is 2.26. The second kappa shape index (κ2) is 7.78. The van der Waals surface area contributed by atoms with Crippen molar-refractivity contribution in [3.63, 3.8) is 0 Å². The third-order valence-corrected chi connectivity index (χ3v) is 4.22. The van der Waals surface area contributed by atoms with Gasteiger partial charge in [-0.25, -0.2) is 0 Å². The van der Waals surface area contributed by atoms with Crippen LogP contribution in [-0.4, -0.2) is 35.9 Å². The molecule has 1 amide bonds. The van der Waals surface area contributed by atoms with Gasteiger partial charge in [0.25, 0.3) is 0 Å². The summed E-state index contributed by atoms with van der Waals surface area (Å²) in [4.78, 5) is 13.9. The highest BCUT2D eigenvalue weighted by Gasteiger charge is 2.23. The Morgan fingerprint density at radius 1 is 1.47 bits per heavy atom. The topological polar surface area (TPSA) is 46.3 Å². The molecule has 1 aromatic rings. The lowest BCUT2D eigenvalue weighted by molar-refractivity contribution is -0.133. The Morgan fingerprint density at radius 3 is 2.68 bits per heavy atom. The fourth-order valence-corrected chi connectivity index (χ4v) is 2.63. The van der Waals surface area contributed by atoms with E-state index in [4.69, 9.17) is 17.3 Å². The highest BCUT2D eigenvalue weighted by atomic mass is 35.5. The molecule has 0 aliphatic heterocycles. The van der Waals surface area contributed by atoms with Crippen molar-refractivity contribution < 1.29 is 4.79 Å². The molecule has 3 nitrogen and oxygen atoms in total. The van der Waals surface area contributed by atoms with Gasteiger partial charge < -0.3 is 10.6 Å². The van der Waals surface area contributed by atoms with Gasteiger partial charge in [0.1, 0.15) is 0 Å². The number of thioether (sulfide) groups is 1. The fraction of sp³-hybridized carbons (Fsp3) is 0.500. The van der Waals surface area contributed by atoms with E-state index in [-0.39, 0.29) is 11.9 Å². The van der Waals surface area contributed by atoms with Gasteiger partial charge in [0.2, 0.25) is 5.91 Å². The minimum absolute atomic E-state index is 0.0403. The van der Waals surface area contributed by atoms with E-state index in [2.05, 4.69) is 0 Å². The lowest BCUT2D eigenvalue weighted by Crippen LogP contribution is -2.43. The Balaban J connectivity index is 2.74. The van der Waals surface area contributed by atoms with E-state index in [9.17, 15) is 4.79 Å². The first-order chi connectivity index (χ1) is 8.99. The summed E-state index contributed by atoms with van der Waals surface area (Å²) >= 11 is 7.85. The number of nitrogens with two attached hydrogens (primary N) is 1. The van der Waals surface area contributed by atoms with Gasteiger partial charge in [0.05, 0.1) is 12.1 Å². The molecule has 1 rings (SSSR count). The SMILES string of the molecule is CSCC[C@H](N)C(=O)N(C)C(C)c1ccccc1Cl. The predicted octanol–water partition coefficient (Wildman–Crippen LogP) is 2.94. The van der Waals surface area contributed by atoms with Crippen molar-refractivity contribution in [1.82, 2.24) is 4.90 Å². The molecule has 0 aromatic heterocycles. The average Bonchev–Trinajstić information content (AvgIpc) is 2.42. The molecule has 0 spiro atoms. The first kappa shape index (κ1) is 16.3. The Bertz CT molecular complexity index is 428. The van der Waals surface area contributed by atoms with E-state index in [1.165, 1.54) is 0 Å². The third-order valence-electron chi connectivity index (χ3n) is 3.23. The number of hydrogen-bond donors (Lipinski definition) is 1. The maximum Gasteiger partial charge on any atom is 0.239 e. The zero-order valence-electron chi connectivity index (χ0n) is 11.6. The van der Waals surface area contributed by atoms with Crippen molar-refractivity contribution in [2.45, 2.75) is 25.4 Å². The first-order valence-electron chi connectivity index (χ1n) is 6.24. The summed E-state index contributed by atoms with van der Waals surface area (Å²) in [5, 5.41) is 0.673. The van der Waals surface area contributed by atoms with Crippen LogP contribution in [0.1, 0.15) is 24.9 Å². The lowest BCUT2D eigenvalue weighted by atomic mass is 10.1. The standard InChI is InChI=1S/C14H21ClN2OS/c1-10(11-6-4-5-7-12(11)15)17(2)14(18)13(16)8-9-19-3/h4-7,10,13H,8-9,16H2,1-3H3/t10?,13-/m0/s1. The zero-order valence-corrected chi connectivity index (χ0v) is 13.2. The summed E-state index contributed by atoms with van der Waals surface area (Å²) in [6.45, 7) is 1.96. The van der Waals surface area contributed by atoms with Gasteiger partial charge in [0.15, 0.2) is 0 Å². The third kappa shape index (κ3) is 4.41. The first-order valence-corrected chi connectivity index (χ1v) is 8.01. The molecule has 0 saturated heterocycles. The molecule has 19 heavy (non-hydrogen) atoms. The van der Waals surface area contributed by atoms with Crippen LogP contribution >= 0.6 is 23.4 Å². The van der Waals surface area contributed by atoms with E-state index >= 15 is 0 Å². The van der Waals surface area contributed by atoms with Crippen LogP contribution in [0.15, 0.2) is 24.3 Å². The largest absolute Gasteiger partial charge is 0.338 e. The molecule has 0 heterocycles. The Labute approximate surface area is 124 Å². The molecule has 1 aromatic carbocycles. The molecule has 2 atom stereocenters. The van der Waals surface area contributed by atoms with Gasteiger partial charge in [-0.2, -0.15) is 11.8 Å².